The number of rotatable bonds is 5. The highest BCUT2D eigenvalue weighted by molar-refractivity contribution is 8.01. The van der Waals surface area contributed by atoms with Gasteiger partial charge in [-0.15, -0.1) is 11.3 Å². The Morgan fingerprint density at radius 2 is 2.38 bits per heavy atom. The highest BCUT2D eigenvalue weighted by Gasteiger charge is 2.19. The molecule has 90 valence electrons. The molecular formula is C12H20N2S2. The SMILES string of the molecule is CC1CCCCC1NCCSc1nccs1. The molecule has 1 aromatic heterocycles. The standard InChI is InChI=1S/C12H20N2S2/c1-10-4-2-3-5-11(10)13-6-8-15-12-14-7-9-16-12/h7,9-11,13H,2-6,8H2,1H3. The van der Waals surface area contributed by atoms with Gasteiger partial charge in [0.25, 0.3) is 0 Å². The van der Waals surface area contributed by atoms with Crippen molar-refractivity contribution in [2.75, 3.05) is 12.3 Å². The third-order valence-electron chi connectivity index (χ3n) is 3.26. The number of aromatic nitrogens is 1. The zero-order valence-electron chi connectivity index (χ0n) is 9.82. The molecule has 4 heteroatoms. The van der Waals surface area contributed by atoms with E-state index in [0.29, 0.717) is 0 Å². The molecule has 0 aromatic carbocycles. The molecule has 1 fully saturated rings. The summed E-state index contributed by atoms with van der Waals surface area (Å²) in [5.74, 6) is 2.00. The quantitative estimate of drug-likeness (QED) is 0.645. The zero-order valence-corrected chi connectivity index (χ0v) is 11.4. The van der Waals surface area contributed by atoms with Crippen molar-refractivity contribution in [3.05, 3.63) is 11.6 Å². The predicted octanol–water partition coefficient (Wildman–Crippen LogP) is 3.40. The summed E-state index contributed by atoms with van der Waals surface area (Å²) in [7, 11) is 0. The van der Waals surface area contributed by atoms with Crippen LogP contribution in [0.25, 0.3) is 0 Å². The minimum atomic E-state index is 0.755. The Bertz CT molecular complexity index is 287. The zero-order chi connectivity index (χ0) is 11.2. The minimum absolute atomic E-state index is 0.755. The van der Waals surface area contributed by atoms with E-state index in [0.717, 1.165) is 24.3 Å². The summed E-state index contributed by atoms with van der Waals surface area (Å²) in [5, 5.41) is 5.73. The van der Waals surface area contributed by atoms with Gasteiger partial charge in [0.1, 0.15) is 4.34 Å². The van der Waals surface area contributed by atoms with Crippen LogP contribution in [0.3, 0.4) is 0 Å². The molecule has 0 bridgehead atoms. The van der Waals surface area contributed by atoms with Gasteiger partial charge in [0, 0.05) is 29.9 Å². The highest BCUT2D eigenvalue weighted by Crippen LogP contribution is 2.24. The molecule has 0 aliphatic heterocycles. The maximum atomic E-state index is 4.27. The number of hydrogen-bond acceptors (Lipinski definition) is 4. The summed E-state index contributed by atoms with van der Waals surface area (Å²) < 4.78 is 1.19. The lowest BCUT2D eigenvalue weighted by Crippen LogP contribution is -2.38. The molecule has 0 spiro atoms. The monoisotopic (exact) mass is 256 g/mol. The molecule has 1 saturated carbocycles. The fourth-order valence-corrected chi connectivity index (χ4v) is 3.86. The van der Waals surface area contributed by atoms with Crippen LogP contribution >= 0.6 is 23.1 Å². The highest BCUT2D eigenvalue weighted by atomic mass is 32.2. The Morgan fingerprint density at radius 3 is 3.12 bits per heavy atom. The van der Waals surface area contributed by atoms with Crippen LogP contribution in [-0.2, 0) is 0 Å². The van der Waals surface area contributed by atoms with Gasteiger partial charge in [0.15, 0.2) is 0 Å². The molecule has 1 aliphatic carbocycles. The molecule has 2 rings (SSSR count). The van der Waals surface area contributed by atoms with Crippen LogP contribution in [0.2, 0.25) is 0 Å². The van der Waals surface area contributed by atoms with Gasteiger partial charge in [-0.05, 0) is 18.8 Å². The average molecular weight is 256 g/mol. The van der Waals surface area contributed by atoms with Crippen molar-refractivity contribution < 1.29 is 0 Å². The smallest absolute Gasteiger partial charge is 0.149 e. The fraction of sp³-hybridized carbons (Fsp3) is 0.750. The molecule has 2 atom stereocenters. The van der Waals surface area contributed by atoms with Gasteiger partial charge in [-0.1, -0.05) is 31.5 Å². The van der Waals surface area contributed by atoms with Crippen LogP contribution in [-0.4, -0.2) is 23.3 Å². The maximum Gasteiger partial charge on any atom is 0.149 e. The van der Waals surface area contributed by atoms with E-state index in [4.69, 9.17) is 0 Å². The van der Waals surface area contributed by atoms with Gasteiger partial charge in [-0.2, -0.15) is 0 Å². The van der Waals surface area contributed by atoms with E-state index in [-0.39, 0.29) is 0 Å². The van der Waals surface area contributed by atoms with E-state index in [9.17, 15) is 0 Å². The van der Waals surface area contributed by atoms with E-state index in [1.54, 1.807) is 11.3 Å². The molecule has 1 N–H and O–H groups in total. The van der Waals surface area contributed by atoms with Crippen molar-refractivity contribution in [2.45, 2.75) is 43.0 Å². The first-order chi connectivity index (χ1) is 7.86. The molecule has 2 unspecified atom stereocenters. The van der Waals surface area contributed by atoms with E-state index in [1.807, 2.05) is 23.3 Å². The Kier molecular flexibility index (Phi) is 5.13. The Balaban J connectivity index is 1.60. The van der Waals surface area contributed by atoms with Crippen molar-refractivity contribution in [3.63, 3.8) is 0 Å². The van der Waals surface area contributed by atoms with Crippen molar-refractivity contribution in [3.8, 4) is 0 Å². The summed E-state index contributed by atoms with van der Waals surface area (Å²) >= 11 is 3.60. The number of hydrogen-bond donors (Lipinski definition) is 1. The van der Waals surface area contributed by atoms with E-state index in [1.165, 1.54) is 30.0 Å². The Labute approximate surface area is 106 Å². The summed E-state index contributed by atoms with van der Waals surface area (Å²) in [6.07, 6.45) is 7.47. The first-order valence-corrected chi connectivity index (χ1v) is 7.98. The third-order valence-corrected chi connectivity index (χ3v) is 5.22. The molecule has 16 heavy (non-hydrogen) atoms. The number of nitrogens with zero attached hydrogens (tertiary/aromatic N) is 1. The number of thiazole rings is 1. The normalized spacial score (nSPS) is 25.8. The van der Waals surface area contributed by atoms with Crippen LogP contribution in [0.4, 0.5) is 0 Å². The largest absolute Gasteiger partial charge is 0.313 e. The fourth-order valence-electron chi connectivity index (χ4n) is 2.28. The summed E-state index contributed by atoms with van der Waals surface area (Å²) in [4.78, 5) is 4.27. The molecular weight excluding hydrogens is 236 g/mol. The van der Waals surface area contributed by atoms with Gasteiger partial charge in [0.05, 0.1) is 0 Å². The van der Waals surface area contributed by atoms with Gasteiger partial charge in [-0.3, -0.25) is 0 Å². The van der Waals surface area contributed by atoms with Gasteiger partial charge in [0.2, 0.25) is 0 Å². The van der Waals surface area contributed by atoms with Gasteiger partial charge in [-0.25, -0.2) is 4.98 Å². The second kappa shape index (κ2) is 6.62. The molecule has 0 saturated heterocycles. The molecule has 1 aromatic rings. The summed E-state index contributed by atoms with van der Waals surface area (Å²) in [6.45, 7) is 3.49. The topological polar surface area (TPSA) is 24.9 Å². The first-order valence-electron chi connectivity index (χ1n) is 6.12. The molecule has 1 aliphatic rings. The molecule has 2 nitrogen and oxygen atoms in total. The lowest BCUT2D eigenvalue weighted by molar-refractivity contribution is 0.285. The maximum absolute atomic E-state index is 4.27. The van der Waals surface area contributed by atoms with Crippen LogP contribution in [0.5, 0.6) is 0 Å². The molecule has 0 radical (unpaired) electrons. The van der Waals surface area contributed by atoms with Crippen LogP contribution in [0.15, 0.2) is 15.9 Å². The average Bonchev–Trinajstić information content (AvgIpc) is 2.79. The molecule has 1 heterocycles. The second-order valence-electron chi connectivity index (χ2n) is 4.47. The van der Waals surface area contributed by atoms with E-state index >= 15 is 0 Å². The van der Waals surface area contributed by atoms with Crippen LogP contribution in [0.1, 0.15) is 32.6 Å². The van der Waals surface area contributed by atoms with Crippen LogP contribution < -0.4 is 5.32 Å². The summed E-state index contributed by atoms with van der Waals surface area (Å²) in [5.41, 5.74) is 0. The lowest BCUT2D eigenvalue weighted by Gasteiger charge is -2.29. The van der Waals surface area contributed by atoms with Crippen LogP contribution in [0, 0.1) is 5.92 Å². The summed E-state index contributed by atoms with van der Waals surface area (Å²) in [6, 6.07) is 0.755. The minimum Gasteiger partial charge on any atom is -0.313 e. The van der Waals surface area contributed by atoms with E-state index in [2.05, 4.69) is 17.2 Å². The number of nitrogens with one attached hydrogen (secondary N) is 1. The van der Waals surface area contributed by atoms with Gasteiger partial charge >= 0.3 is 0 Å². The third kappa shape index (κ3) is 3.75. The molecule has 0 amide bonds. The number of thioether (sulfide) groups is 1. The Morgan fingerprint density at radius 1 is 1.50 bits per heavy atom. The lowest BCUT2D eigenvalue weighted by atomic mass is 9.86. The van der Waals surface area contributed by atoms with E-state index < -0.39 is 0 Å². The predicted molar refractivity (Wildman–Crippen MR) is 72.3 cm³/mol. The van der Waals surface area contributed by atoms with Crippen molar-refractivity contribution >= 4 is 23.1 Å². The van der Waals surface area contributed by atoms with Crippen molar-refractivity contribution in [1.82, 2.24) is 10.3 Å². The first kappa shape index (κ1) is 12.4. The Hall–Kier alpha value is -0.0600. The second-order valence-corrected chi connectivity index (χ2v) is 6.71. The van der Waals surface area contributed by atoms with Crippen molar-refractivity contribution in [2.24, 2.45) is 5.92 Å². The van der Waals surface area contributed by atoms with Crippen molar-refractivity contribution in [1.29, 1.82) is 0 Å². The van der Waals surface area contributed by atoms with Gasteiger partial charge < -0.3 is 5.32 Å².